The van der Waals surface area contributed by atoms with E-state index in [2.05, 4.69) is 10.2 Å². The number of ketones is 1. The molecular formula is C17H11N3O4. The minimum Gasteiger partial charge on any atom is -0.506 e. The molecule has 1 aliphatic carbocycles. The van der Waals surface area contributed by atoms with Gasteiger partial charge in [-0.25, -0.2) is 0 Å². The van der Waals surface area contributed by atoms with Crippen molar-refractivity contribution in [3.63, 3.8) is 0 Å². The predicted octanol–water partition coefficient (Wildman–Crippen LogP) is 3.17. The molecular weight excluding hydrogens is 310 g/mol. The van der Waals surface area contributed by atoms with Gasteiger partial charge in [0.2, 0.25) is 0 Å². The van der Waals surface area contributed by atoms with E-state index in [9.17, 15) is 20.0 Å². The van der Waals surface area contributed by atoms with E-state index in [1.165, 1.54) is 30.6 Å². The first-order valence-corrected chi connectivity index (χ1v) is 6.96. The number of nitro benzene ring substituents is 1. The summed E-state index contributed by atoms with van der Waals surface area (Å²) in [4.78, 5) is 22.4. The normalized spacial score (nSPS) is 13.9. The van der Waals surface area contributed by atoms with Crippen molar-refractivity contribution in [3.05, 3.63) is 80.9 Å². The number of Topliss-reactive ketones (excluding diaryl/α,β-unsaturated/α-hetero) is 1. The summed E-state index contributed by atoms with van der Waals surface area (Å²) in [7, 11) is 0. The van der Waals surface area contributed by atoms with Crippen molar-refractivity contribution in [1.29, 1.82) is 0 Å². The van der Waals surface area contributed by atoms with Crippen LogP contribution in [0, 0.1) is 10.1 Å². The molecule has 0 amide bonds. The zero-order valence-electron chi connectivity index (χ0n) is 12.3. The van der Waals surface area contributed by atoms with Crippen LogP contribution in [0.25, 0.3) is 5.76 Å². The molecule has 0 bridgehead atoms. The van der Waals surface area contributed by atoms with Crippen LogP contribution in [0.4, 0.5) is 5.69 Å². The molecule has 7 heteroatoms. The maximum Gasteiger partial charge on any atom is 0.270 e. The van der Waals surface area contributed by atoms with E-state index in [4.69, 9.17) is 0 Å². The van der Waals surface area contributed by atoms with Crippen molar-refractivity contribution in [2.75, 3.05) is 0 Å². The van der Waals surface area contributed by atoms with Gasteiger partial charge in [-0.2, -0.15) is 10.2 Å². The number of non-ortho nitro benzene ring substituents is 1. The highest BCUT2D eigenvalue weighted by Gasteiger charge is 2.27. The Kier molecular flexibility index (Phi) is 3.98. The van der Waals surface area contributed by atoms with Gasteiger partial charge in [0.05, 0.1) is 22.9 Å². The van der Waals surface area contributed by atoms with Crippen molar-refractivity contribution >= 4 is 29.7 Å². The molecule has 7 nitrogen and oxygen atoms in total. The number of carbonyl (C=O) groups is 1. The van der Waals surface area contributed by atoms with E-state index >= 15 is 0 Å². The molecule has 118 valence electrons. The SMILES string of the molecule is O=C1C(/C=N/N=C/c2cccc([N+](=O)[O-])c2)=C(O)c2ccccc21. The Bertz CT molecular complexity index is 929. The number of fused-ring (bicyclic) bond motifs is 1. The van der Waals surface area contributed by atoms with E-state index in [1.54, 1.807) is 30.3 Å². The molecule has 2 aromatic rings. The molecule has 0 saturated carbocycles. The second-order valence-corrected chi connectivity index (χ2v) is 4.98. The second kappa shape index (κ2) is 6.25. The Balaban J connectivity index is 1.78. The molecule has 2 aromatic carbocycles. The molecule has 3 rings (SSSR count). The summed E-state index contributed by atoms with van der Waals surface area (Å²) in [5.74, 6) is -0.456. The third kappa shape index (κ3) is 2.82. The Morgan fingerprint density at radius 3 is 2.42 bits per heavy atom. The molecule has 0 radical (unpaired) electrons. The Morgan fingerprint density at radius 2 is 1.71 bits per heavy atom. The van der Waals surface area contributed by atoms with Gasteiger partial charge in [-0.15, -0.1) is 0 Å². The molecule has 0 unspecified atom stereocenters. The fourth-order valence-corrected chi connectivity index (χ4v) is 2.31. The highest BCUT2D eigenvalue weighted by molar-refractivity contribution is 6.30. The summed E-state index contributed by atoms with van der Waals surface area (Å²) >= 11 is 0. The molecule has 24 heavy (non-hydrogen) atoms. The van der Waals surface area contributed by atoms with E-state index in [-0.39, 0.29) is 22.8 Å². The first-order valence-electron chi connectivity index (χ1n) is 6.96. The highest BCUT2D eigenvalue weighted by atomic mass is 16.6. The maximum absolute atomic E-state index is 12.2. The van der Waals surface area contributed by atoms with Crippen molar-refractivity contribution in [1.82, 2.24) is 0 Å². The van der Waals surface area contributed by atoms with Gasteiger partial charge in [0.25, 0.3) is 5.69 Å². The van der Waals surface area contributed by atoms with E-state index in [0.29, 0.717) is 16.7 Å². The van der Waals surface area contributed by atoms with Crippen molar-refractivity contribution in [2.45, 2.75) is 0 Å². The summed E-state index contributed by atoms with van der Waals surface area (Å²) in [6, 6.07) is 12.6. The summed E-state index contributed by atoms with van der Waals surface area (Å²) in [5.41, 5.74) is 1.39. The van der Waals surface area contributed by atoms with Gasteiger partial charge in [0.15, 0.2) is 5.78 Å². The number of carbonyl (C=O) groups excluding carboxylic acids is 1. The lowest BCUT2D eigenvalue weighted by Crippen LogP contribution is -1.99. The molecule has 0 spiro atoms. The molecule has 0 fully saturated rings. The number of nitrogens with zero attached hydrogens (tertiary/aromatic N) is 3. The molecule has 0 saturated heterocycles. The van der Waals surface area contributed by atoms with Crippen LogP contribution in [0.3, 0.4) is 0 Å². The van der Waals surface area contributed by atoms with Gasteiger partial charge in [0, 0.05) is 28.8 Å². The first-order chi connectivity index (χ1) is 11.6. The molecule has 0 heterocycles. The average Bonchev–Trinajstić information content (AvgIpc) is 2.84. The number of aliphatic hydroxyl groups is 1. The number of aliphatic hydroxyl groups excluding tert-OH is 1. The van der Waals surface area contributed by atoms with Crippen LogP contribution in [-0.2, 0) is 0 Å². The van der Waals surface area contributed by atoms with Crippen molar-refractivity contribution in [2.24, 2.45) is 10.2 Å². The zero-order chi connectivity index (χ0) is 17.1. The number of hydrogen-bond donors (Lipinski definition) is 1. The van der Waals surface area contributed by atoms with E-state index in [1.807, 2.05) is 0 Å². The Labute approximate surface area is 136 Å². The molecule has 0 aliphatic heterocycles. The number of hydrogen-bond acceptors (Lipinski definition) is 6. The predicted molar refractivity (Wildman–Crippen MR) is 89.5 cm³/mol. The highest BCUT2D eigenvalue weighted by Crippen LogP contribution is 2.29. The van der Waals surface area contributed by atoms with Gasteiger partial charge in [-0.3, -0.25) is 14.9 Å². The van der Waals surface area contributed by atoms with E-state index in [0.717, 1.165) is 0 Å². The standard InChI is InChI=1S/C17H11N3O4/c21-16-13-6-1-2-7-14(13)17(22)15(16)10-19-18-9-11-4-3-5-12(8-11)20(23)24/h1-10,21H/b18-9+,19-10+. The molecule has 1 N–H and O–H groups in total. The number of benzene rings is 2. The van der Waals surface area contributed by atoms with Crippen LogP contribution in [-0.4, -0.2) is 28.2 Å². The average molecular weight is 321 g/mol. The number of allylic oxidation sites excluding steroid dienone is 1. The lowest BCUT2D eigenvalue weighted by Gasteiger charge is -1.95. The van der Waals surface area contributed by atoms with Crippen LogP contribution in [0.2, 0.25) is 0 Å². The smallest absolute Gasteiger partial charge is 0.270 e. The Hall–Kier alpha value is -3.61. The maximum atomic E-state index is 12.2. The van der Waals surface area contributed by atoms with E-state index < -0.39 is 4.92 Å². The van der Waals surface area contributed by atoms with Crippen molar-refractivity contribution in [3.8, 4) is 0 Å². The number of rotatable bonds is 4. The van der Waals surface area contributed by atoms with Gasteiger partial charge >= 0.3 is 0 Å². The Morgan fingerprint density at radius 1 is 1.00 bits per heavy atom. The molecule has 0 atom stereocenters. The zero-order valence-corrected chi connectivity index (χ0v) is 12.3. The van der Waals surface area contributed by atoms with Gasteiger partial charge in [-0.1, -0.05) is 36.4 Å². The first kappa shape index (κ1) is 15.3. The van der Waals surface area contributed by atoms with Crippen LogP contribution >= 0.6 is 0 Å². The molecule has 0 aromatic heterocycles. The van der Waals surface area contributed by atoms with Gasteiger partial charge in [0.1, 0.15) is 5.76 Å². The molecule has 1 aliphatic rings. The third-order valence-corrected chi connectivity index (χ3v) is 3.47. The van der Waals surface area contributed by atoms with Crippen LogP contribution in [0.15, 0.2) is 64.3 Å². The lowest BCUT2D eigenvalue weighted by atomic mass is 10.1. The van der Waals surface area contributed by atoms with Gasteiger partial charge < -0.3 is 5.11 Å². The second-order valence-electron chi connectivity index (χ2n) is 4.98. The summed E-state index contributed by atoms with van der Waals surface area (Å²) in [5, 5.41) is 28.3. The largest absolute Gasteiger partial charge is 0.506 e. The van der Waals surface area contributed by atoms with Crippen molar-refractivity contribution < 1.29 is 14.8 Å². The summed E-state index contributed by atoms with van der Waals surface area (Å²) in [6.45, 7) is 0. The lowest BCUT2D eigenvalue weighted by molar-refractivity contribution is -0.384. The quantitative estimate of drug-likeness (QED) is 0.530. The van der Waals surface area contributed by atoms with Crippen LogP contribution < -0.4 is 0 Å². The monoisotopic (exact) mass is 321 g/mol. The van der Waals surface area contributed by atoms with Gasteiger partial charge in [-0.05, 0) is 0 Å². The summed E-state index contributed by atoms with van der Waals surface area (Å²) in [6.07, 6.45) is 2.50. The topological polar surface area (TPSA) is 105 Å². The van der Waals surface area contributed by atoms with Crippen LogP contribution in [0.5, 0.6) is 0 Å². The fraction of sp³-hybridized carbons (Fsp3) is 0. The minimum atomic E-state index is -0.502. The fourth-order valence-electron chi connectivity index (χ4n) is 2.31. The third-order valence-electron chi connectivity index (χ3n) is 3.47. The number of nitro groups is 1. The summed E-state index contributed by atoms with van der Waals surface area (Å²) < 4.78 is 0. The van der Waals surface area contributed by atoms with Crippen LogP contribution in [0.1, 0.15) is 21.5 Å². The minimum absolute atomic E-state index is 0.0512.